The number of anilines is 6. The fourth-order valence-corrected chi connectivity index (χ4v) is 7.59. The average molecular weight is 1150 g/mol. The summed E-state index contributed by atoms with van der Waals surface area (Å²) in [5.74, 6) is -0.466. The van der Waals surface area contributed by atoms with Gasteiger partial charge in [-0.3, -0.25) is 0 Å². The van der Waals surface area contributed by atoms with Crippen molar-refractivity contribution < 1.29 is 184 Å². The molecule has 6 rings (SSSR count). The minimum atomic E-state index is -5.04. The van der Waals surface area contributed by atoms with Crippen molar-refractivity contribution >= 4 is 80.2 Å². The summed E-state index contributed by atoms with van der Waals surface area (Å²) < 4.78 is 63.3. The Labute approximate surface area is 540 Å². The van der Waals surface area contributed by atoms with E-state index in [2.05, 4.69) is 52.7 Å². The first-order valence-electron chi connectivity index (χ1n) is 22.1. The smallest absolute Gasteiger partial charge is 0.744 e. The number of hydrogen-bond donors (Lipinski definition) is 6. The average Bonchev–Trinajstić information content (AvgIpc) is 3.30. The molecule has 4 atom stereocenters. The third-order valence-corrected chi connectivity index (χ3v) is 10.5. The minimum absolute atomic E-state index is 0. The molecule has 6 aromatic rings. The predicted molar refractivity (Wildman–Crippen MR) is 262 cm³/mol. The number of carboxylic acid groups (broad SMARTS) is 1. The van der Waals surface area contributed by atoms with Gasteiger partial charge in [-0.05, 0) is 56.6 Å². The van der Waals surface area contributed by atoms with Crippen molar-refractivity contribution in [2.24, 2.45) is 0 Å². The first-order chi connectivity index (χ1) is 35.0. The number of aromatic nitrogens is 6. The summed E-state index contributed by atoms with van der Waals surface area (Å²) in [6.07, 6.45) is 0.353. The van der Waals surface area contributed by atoms with Crippen molar-refractivity contribution in [1.82, 2.24) is 29.9 Å². The number of nitrogens with zero attached hydrogens (tertiary/aromatic N) is 8. The van der Waals surface area contributed by atoms with E-state index in [1.54, 1.807) is 81.1 Å². The number of aliphatic hydroxyl groups excluding tert-OH is 4. The number of aromatic carboxylic acids is 1. The molecule has 0 radical (unpaired) electrons. The van der Waals surface area contributed by atoms with Crippen LogP contribution in [0.5, 0.6) is 0 Å². The molecule has 0 spiro atoms. The molecule has 392 valence electrons. The zero-order valence-corrected chi connectivity index (χ0v) is 53.7. The largest absolute Gasteiger partial charge is 1.00 e. The molecule has 30 heteroatoms. The van der Waals surface area contributed by atoms with Crippen LogP contribution < -0.4 is 144 Å². The number of nitrogens with one attached hydrogen (secondary N) is 2. The second-order valence-corrected chi connectivity index (χ2v) is 18.0. The van der Waals surface area contributed by atoms with Gasteiger partial charge in [-0.1, -0.05) is 36.4 Å². The van der Waals surface area contributed by atoms with Gasteiger partial charge < -0.3 is 55.3 Å². The molecule has 0 fully saturated rings. The molecular formula is C48H50N10Na4O14S2. The molecule has 4 aromatic carbocycles. The van der Waals surface area contributed by atoms with E-state index in [-0.39, 0.29) is 203 Å². The molecule has 0 amide bonds. The summed E-state index contributed by atoms with van der Waals surface area (Å²) in [4.78, 5) is 58.0. The molecule has 4 unspecified atom stereocenters. The topological polar surface area (TPSA) is 371 Å². The zero-order chi connectivity index (χ0) is 54.5. The Morgan fingerprint density at radius 2 is 1.15 bits per heavy atom. The van der Waals surface area contributed by atoms with Crippen LogP contribution in [-0.2, 0) is 43.2 Å². The zero-order valence-electron chi connectivity index (χ0n) is 44.1. The van der Waals surface area contributed by atoms with Crippen molar-refractivity contribution in [3.8, 4) is 0 Å². The molecule has 0 aliphatic rings. The first kappa shape index (κ1) is 74.1. The van der Waals surface area contributed by atoms with Gasteiger partial charge in [0.1, 0.15) is 21.8 Å². The van der Waals surface area contributed by atoms with E-state index in [4.69, 9.17) is 22.2 Å². The summed E-state index contributed by atoms with van der Waals surface area (Å²) >= 11 is 0. The second kappa shape index (κ2) is 37.1. The van der Waals surface area contributed by atoms with Crippen LogP contribution in [0, 0.1) is 12.1 Å². The molecule has 6 N–H and O–H groups in total. The van der Waals surface area contributed by atoms with Crippen LogP contribution in [0.25, 0.3) is 12.2 Å². The predicted octanol–water partition coefficient (Wildman–Crippen LogP) is -10.7. The third-order valence-electron chi connectivity index (χ3n) is 9.63. The van der Waals surface area contributed by atoms with E-state index >= 15 is 0 Å². The Bertz CT molecular complexity index is 3100. The molecule has 2 heterocycles. The third kappa shape index (κ3) is 26.6. The second-order valence-electron chi connectivity index (χ2n) is 16.3. The van der Waals surface area contributed by atoms with E-state index in [9.17, 15) is 43.3 Å². The Balaban J connectivity index is 0.00000509. The van der Waals surface area contributed by atoms with E-state index in [1.165, 1.54) is 29.2 Å². The first-order valence-corrected chi connectivity index (χ1v) is 24.5. The number of carbonyl (C=O) groups excluding carboxylic acids is 3. The van der Waals surface area contributed by atoms with Gasteiger partial charge in [0.2, 0.25) is 23.8 Å². The van der Waals surface area contributed by atoms with Crippen molar-refractivity contribution in [3.63, 3.8) is 0 Å². The number of rotatable bonds is 22. The Morgan fingerprint density at radius 3 is 1.60 bits per heavy atom. The van der Waals surface area contributed by atoms with Gasteiger partial charge in [0.15, 0.2) is 0 Å². The molecule has 24 nitrogen and oxygen atoms in total. The van der Waals surface area contributed by atoms with Crippen LogP contribution in [0.2, 0.25) is 0 Å². The maximum atomic E-state index is 12.7. The normalized spacial score (nSPS) is 12.0. The van der Waals surface area contributed by atoms with Crippen molar-refractivity contribution in [2.45, 2.75) is 69.8 Å². The Morgan fingerprint density at radius 1 is 0.679 bits per heavy atom. The molecular weight excluding hydrogens is 1100 g/mol. The summed E-state index contributed by atoms with van der Waals surface area (Å²) in [6, 6.07) is 29.0. The summed E-state index contributed by atoms with van der Waals surface area (Å²) in [6.45, 7) is 6.72. The number of carboxylic acids is 1. The van der Waals surface area contributed by atoms with E-state index in [0.29, 0.717) is 29.1 Å². The number of hydrogen-bond acceptors (Lipinski definition) is 24. The van der Waals surface area contributed by atoms with Gasteiger partial charge >= 0.3 is 135 Å². The van der Waals surface area contributed by atoms with Gasteiger partial charge in [-0.25, -0.2) is 8.42 Å². The van der Waals surface area contributed by atoms with Gasteiger partial charge in [0.05, 0.1) is 35.3 Å². The minimum Gasteiger partial charge on any atom is -0.744 e. The number of carbonyl (C=O) groups is 1. The Kier molecular flexibility index (Phi) is 35.3. The summed E-state index contributed by atoms with van der Waals surface area (Å²) in [7, 11) is -8.15. The van der Waals surface area contributed by atoms with Gasteiger partial charge in [-0.2, -0.15) is 81.0 Å². The number of benzene rings is 4. The molecule has 0 aliphatic heterocycles. The Hall–Kier alpha value is -3.94. The van der Waals surface area contributed by atoms with Crippen LogP contribution in [0.1, 0.15) is 72.0 Å². The molecule has 78 heavy (non-hydrogen) atoms. The fourth-order valence-electron chi connectivity index (χ4n) is 6.90. The van der Waals surface area contributed by atoms with Crippen LogP contribution in [0.4, 0.5) is 35.2 Å². The fraction of sp³-hybridized carbons (Fsp3) is 0.292. The quantitative estimate of drug-likeness (QED) is 0.0159. The van der Waals surface area contributed by atoms with E-state index in [1.807, 2.05) is 18.2 Å². The van der Waals surface area contributed by atoms with Gasteiger partial charge in [0.25, 0.3) is 0 Å². The van der Waals surface area contributed by atoms with E-state index < -0.39 is 56.0 Å². The van der Waals surface area contributed by atoms with Crippen LogP contribution in [0.15, 0.2) is 89.8 Å². The molecule has 0 bridgehead atoms. The SMILES string of the molecule is CC(O)CN(CC(C)O)c1nc(Cc2[c-]cccc2)nc(Nc2c[c-]c(/C=C/c3ccc(Nc4nc(Cc5ccccc5C(=O)[O-])nc(N(CC(C)O)CC(C)O)n4)cc3S(=O)(=O)[O-])cc2)n1.O=C=O.O=S(=O)=O.[Na+].[Na+].[Na+].[Na+]. The van der Waals surface area contributed by atoms with Gasteiger partial charge in [-0.15, -0.1) is 43.0 Å². The molecule has 0 aliphatic carbocycles. The summed E-state index contributed by atoms with van der Waals surface area (Å²) in [5, 5.41) is 58.8. The van der Waals surface area contributed by atoms with E-state index in [0.717, 1.165) is 11.6 Å². The van der Waals surface area contributed by atoms with Crippen LogP contribution in [-0.4, -0.2) is 139 Å². The van der Waals surface area contributed by atoms with Crippen molar-refractivity contribution in [1.29, 1.82) is 0 Å². The molecule has 0 saturated heterocycles. The van der Waals surface area contributed by atoms with Crippen LogP contribution in [0.3, 0.4) is 0 Å². The standard InChI is InChI=1S/C47H52N10O9S.CO2.4Na.O3S/c1-29(58)25-56(26-30(2)59)46-52-41(22-34-10-6-5-7-11-34)50-44(54-46)48-37-19-15-33(16-20-37)14-17-35-18-21-38(24-40(35)67(64,65)66)49-45-51-42(23-36-12-8-9-13-39(36)43(62)63)53-47(55-45)57(27-31(3)60)28-32(4)61;2-1-3;;;;;1-4(2)3/h5-10,12-15,17-21,24,29-32,58-61H,22-23,25-28H2,1-4H3,(H,62,63)(H,64,65,66)(H,48,50,52,54)(H,49,51,53,55);;;;;;/q-2;;4*+1;/p-2/b17-14+;;;;;;. The maximum Gasteiger partial charge on any atom is 1.00 e. The monoisotopic (exact) mass is 1150 g/mol. The van der Waals surface area contributed by atoms with Gasteiger partial charge in [0, 0.05) is 50.3 Å². The molecule has 2 aromatic heterocycles. The van der Waals surface area contributed by atoms with Crippen LogP contribution >= 0.6 is 0 Å². The van der Waals surface area contributed by atoms with Crippen molar-refractivity contribution in [2.75, 3.05) is 46.6 Å². The molecule has 0 saturated carbocycles. The van der Waals surface area contributed by atoms with Crippen molar-refractivity contribution in [3.05, 3.63) is 137 Å². The number of aliphatic hydroxyl groups is 4. The summed E-state index contributed by atoms with van der Waals surface area (Å²) in [5.41, 5.74) is 2.40. The maximum absolute atomic E-state index is 12.7.